The molecule has 0 saturated carbocycles. The minimum atomic E-state index is 0.722. The molecular formula is C12H7BrCl. The number of halogens is 2. The fourth-order valence-corrected chi connectivity index (χ4v) is 2.03. The van der Waals surface area contributed by atoms with Crippen molar-refractivity contribution in [3.63, 3.8) is 0 Å². The van der Waals surface area contributed by atoms with Crippen LogP contribution in [0, 0.1) is 6.07 Å². The summed E-state index contributed by atoms with van der Waals surface area (Å²) in [5, 5.41) is 0.722. The van der Waals surface area contributed by atoms with Crippen LogP contribution in [0.25, 0.3) is 11.1 Å². The third-order valence-electron chi connectivity index (χ3n) is 1.98. The second kappa shape index (κ2) is 4.16. The number of hydrogen-bond donors (Lipinski definition) is 0. The molecule has 69 valence electrons. The summed E-state index contributed by atoms with van der Waals surface area (Å²) in [5.41, 5.74) is 2.13. The van der Waals surface area contributed by atoms with Gasteiger partial charge in [0.25, 0.3) is 0 Å². The lowest BCUT2D eigenvalue weighted by atomic mass is 10.1. The Morgan fingerprint density at radius 3 is 2.57 bits per heavy atom. The summed E-state index contributed by atoms with van der Waals surface area (Å²) in [6, 6.07) is 16.6. The molecule has 0 spiro atoms. The van der Waals surface area contributed by atoms with Gasteiger partial charge in [0.05, 0.1) is 0 Å². The van der Waals surface area contributed by atoms with E-state index in [-0.39, 0.29) is 0 Å². The Morgan fingerprint density at radius 1 is 1.07 bits per heavy atom. The Kier molecular flexibility index (Phi) is 2.90. The van der Waals surface area contributed by atoms with Gasteiger partial charge in [0.2, 0.25) is 0 Å². The van der Waals surface area contributed by atoms with Gasteiger partial charge in [-0.25, -0.2) is 0 Å². The molecule has 2 aromatic rings. The molecule has 1 radical (unpaired) electrons. The molecule has 2 heteroatoms. The van der Waals surface area contributed by atoms with Gasteiger partial charge in [-0.3, -0.25) is 0 Å². The van der Waals surface area contributed by atoms with Gasteiger partial charge in [0.1, 0.15) is 0 Å². The van der Waals surface area contributed by atoms with Crippen molar-refractivity contribution in [3.05, 3.63) is 58.0 Å². The van der Waals surface area contributed by atoms with Crippen LogP contribution < -0.4 is 0 Å². The second-order valence-electron chi connectivity index (χ2n) is 2.89. The zero-order valence-electron chi connectivity index (χ0n) is 7.30. The Hall–Kier alpha value is -0.790. The first kappa shape index (κ1) is 9.75. The van der Waals surface area contributed by atoms with Crippen molar-refractivity contribution in [1.82, 2.24) is 0 Å². The number of rotatable bonds is 1. The van der Waals surface area contributed by atoms with Gasteiger partial charge in [-0.2, -0.15) is 0 Å². The summed E-state index contributed by atoms with van der Waals surface area (Å²) in [5.74, 6) is 0. The Balaban J connectivity index is 2.61. The molecule has 2 aromatic carbocycles. The van der Waals surface area contributed by atoms with Crippen LogP contribution in [0.4, 0.5) is 0 Å². The van der Waals surface area contributed by atoms with Crippen molar-refractivity contribution in [2.24, 2.45) is 0 Å². The maximum absolute atomic E-state index is 6.08. The highest BCUT2D eigenvalue weighted by atomic mass is 79.9. The van der Waals surface area contributed by atoms with E-state index in [0.717, 1.165) is 20.6 Å². The van der Waals surface area contributed by atoms with E-state index in [1.807, 2.05) is 36.4 Å². The molecule has 0 amide bonds. The average molecular weight is 267 g/mol. The second-order valence-corrected chi connectivity index (χ2v) is 4.15. The molecular weight excluding hydrogens is 259 g/mol. The summed E-state index contributed by atoms with van der Waals surface area (Å²) in [6.45, 7) is 0. The van der Waals surface area contributed by atoms with Gasteiger partial charge in [-0.15, -0.1) is 0 Å². The van der Waals surface area contributed by atoms with Crippen LogP contribution in [-0.2, 0) is 0 Å². The Labute approximate surface area is 96.7 Å². The number of hydrogen-bond acceptors (Lipinski definition) is 0. The van der Waals surface area contributed by atoms with Gasteiger partial charge in [0.15, 0.2) is 0 Å². The van der Waals surface area contributed by atoms with Crippen molar-refractivity contribution in [1.29, 1.82) is 0 Å². The van der Waals surface area contributed by atoms with E-state index in [9.17, 15) is 0 Å². The zero-order chi connectivity index (χ0) is 9.97. The monoisotopic (exact) mass is 265 g/mol. The molecule has 0 saturated heterocycles. The van der Waals surface area contributed by atoms with Crippen molar-refractivity contribution in [2.45, 2.75) is 0 Å². The van der Waals surface area contributed by atoms with E-state index in [2.05, 4.69) is 22.0 Å². The summed E-state index contributed by atoms with van der Waals surface area (Å²) in [7, 11) is 0. The van der Waals surface area contributed by atoms with Crippen molar-refractivity contribution < 1.29 is 0 Å². The van der Waals surface area contributed by atoms with Crippen molar-refractivity contribution >= 4 is 27.5 Å². The third kappa shape index (κ3) is 1.84. The molecule has 0 bridgehead atoms. The van der Waals surface area contributed by atoms with Crippen LogP contribution >= 0.6 is 27.5 Å². The predicted molar refractivity (Wildman–Crippen MR) is 63.4 cm³/mol. The quantitative estimate of drug-likeness (QED) is 0.709. The highest BCUT2D eigenvalue weighted by Crippen LogP contribution is 2.32. The lowest BCUT2D eigenvalue weighted by Gasteiger charge is -2.05. The molecule has 0 N–H and O–H groups in total. The van der Waals surface area contributed by atoms with Crippen LogP contribution in [-0.4, -0.2) is 0 Å². The summed E-state index contributed by atoms with van der Waals surface area (Å²) < 4.78 is 1.05. The standard InChI is InChI=1S/C12H7BrCl/c13-11-7-3-1-5-9(11)10-6-2-4-8-12(10)14/h1-3,5-8H. The van der Waals surface area contributed by atoms with E-state index in [4.69, 9.17) is 11.6 Å². The maximum Gasteiger partial charge on any atom is 0.0490 e. The van der Waals surface area contributed by atoms with Crippen molar-refractivity contribution in [2.75, 3.05) is 0 Å². The molecule has 0 heterocycles. The van der Waals surface area contributed by atoms with E-state index in [1.54, 1.807) is 6.07 Å². The maximum atomic E-state index is 6.08. The molecule has 0 aliphatic rings. The average Bonchev–Trinajstić information content (AvgIpc) is 2.20. The third-order valence-corrected chi connectivity index (χ3v) is 2.98. The first-order chi connectivity index (χ1) is 6.79. The summed E-state index contributed by atoms with van der Waals surface area (Å²) >= 11 is 9.58. The molecule has 2 rings (SSSR count). The van der Waals surface area contributed by atoms with E-state index >= 15 is 0 Å². The van der Waals surface area contributed by atoms with Gasteiger partial charge in [0, 0.05) is 15.1 Å². The molecule has 0 unspecified atom stereocenters. The molecule has 14 heavy (non-hydrogen) atoms. The highest BCUT2D eigenvalue weighted by Gasteiger charge is 2.04. The van der Waals surface area contributed by atoms with Crippen LogP contribution in [0.3, 0.4) is 0 Å². The van der Waals surface area contributed by atoms with Crippen LogP contribution in [0.2, 0.25) is 5.02 Å². The lowest BCUT2D eigenvalue weighted by Crippen LogP contribution is -1.80. The molecule has 0 aliphatic carbocycles. The molecule has 0 atom stereocenters. The largest absolute Gasteiger partial charge is 0.0836 e. The van der Waals surface area contributed by atoms with E-state index < -0.39 is 0 Å². The SMILES string of the molecule is Clc1c[c]ccc1-c1ccccc1Br. The first-order valence-electron chi connectivity index (χ1n) is 4.19. The smallest absolute Gasteiger partial charge is 0.0490 e. The van der Waals surface area contributed by atoms with Gasteiger partial charge >= 0.3 is 0 Å². The lowest BCUT2D eigenvalue weighted by molar-refractivity contribution is 1.58. The Morgan fingerprint density at radius 2 is 1.86 bits per heavy atom. The number of benzene rings is 2. The normalized spacial score (nSPS) is 10.1. The Bertz CT molecular complexity index is 408. The molecule has 0 aromatic heterocycles. The topological polar surface area (TPSA) is 0 Å². The first-order valence-corrected chi connectivity index (χ1v) is 5.36. The highest BCUT2D eigenvalue weighted by molar-refractivity contribution is 9.10. The summed E-state index contributed by atoms with van der Waals surface area (Å²) in [6.07, 6.45) is 0. The van der Waals surface area contributed by atoms with Gasteiger partial charge in [-0.1, -0.05) is 57.9 Å². The predicted octanol–water partition coefficient (Wildman–Crippen LogP) is 4.57. The minimum absolute atomic E-state index is 0.722. The molecule has 0 nitrogen and oxygen atoms in total. The van der Waals surface area contributed by atoms with E-state index in [0.29, 0.717) is 0 Å². The van der Waals surface area contributed by atoms with Crippen LogP contribution in [0.1, 0.15) is 0 Å². The van der Waals surface area contributed by atoms with Gasteiger partial charge < -0.3 is 0 Å². The van der Waals surface area contributed by atoms with Gasteiger partial charge in [-0.05, 0) is 23.8 Å². The van der Waals surface area contributed by atoms with Crippen LogP contribution in [0.5, 0.6) is 0 Å². The minimum Gasteiger partial charge on any atom is -0.0836 e. The fourth-order valence-electron chi connectivity index (χ4n) is 1.31. The van der Waals surface area contributed by atoms with Crippen molar-refractivity contribution in [3.8, 4) is 11.1 Å². The summed E-state index contributed by atoms with van der Waals surface area (Å²) in [4.78, 5) is 0. The zero-order valence-corrected chi connectivity index (χ0v) is 9.64. The molecule has 0 fully saturated rings. The van der Waals surface area contributed by atoms with Crippen LogP contribution in [0.15, 0.2) is 46.9 Å². The molecule has 0 aliphatic heterocycles. The van der Waals surface area contributed by atoms with E-state index in [1.165, 1.54) is 0 Å². The fraction of sp³-hybridized carbons (Fsp3) is 0.